The fourth-order valence-electron chi connectivity index (χ4n) is 1.73. The van der Waals surface area contributed by atoms with Crippen molar-refractivity contribution in [1.82, 2.24) is 4.90 Å². The third kappa shape index (κ3) is 2.67. The molecule has 1 heterocycles. The zero-order chi connectivity index (χ0) is 14.7. The van der Waals surface area contributed by atoms with E-state index >= 15 is 0 Å². The number of ether oxygens (including phenoxy) is 1. The highest BCUT2D eigenvalue weighted by atomic mass is 32.1. The van der Waals surface area contributed by atoms with Gasteiger partial charge in [-0.2, -0.15) is 0 Å². The van der Waals surface area contributed by atoms with Crippen LogP contribution in [0.2, 0.25) is 0 Å². The molecule has 0 bridgehead atoms. The SMILES string of the molecule is COc1ccccc1NC(=O)C1C=NC(=S)N(C)C1=O. The lowest BCUT2D eigenvalue weighted by Crippen LogP contribution is -2.45. The van der Waals surface area contributed by atoms with E-state index in [0.717, 1.165) is 0 Å². The fraction of sp³-hybridized carbons (Fsp3) is 0.231. The van der Waals surface area contributed by atoms with Crippen molar-refractivity contribution >= 4 is 41.0 Å². The normalized spacial score (nSPS) is 18.1. The molecule has 0 radical (unpaired) electrons. The summed E-state index contributed by atoms with van der Waals surface area (Å²) in [6.07, 6.45) is 1.26. The number of hydrogen-bond acceptors (Lipinski definition) is 4. The number of rotatable bonds is 3. The number of thiocarbonyl (C=S) groups is 1. The van der Waals surface area contributed by atoms with Crippen molar-refractivity contribution in [1.29, 1.82) is 0 Å². The van der Waals surface area contributed by atoms with Gasteiger partial charge in [0.05, 0.1) is 12.8 Å². The summed E-state index contributed by atoms with van der Waals surface area (Å²) in [6.45, 7) is 0. The minimum atomic E-state index is -0.989. The van der Waals surface area contributed by atoms with Crippen molar-refractivity contribution in [3.05, 3.63) is 24.3 Å². The molecule has 0 fully saturated rings. The molecular formula is C13H13N3O3S. The van der Waals surface area contributed by atoms with Gasteiger partial charge in [0, 0.05) is 13.3 Å². The van der Waals surface area contributed by atoms with Crippen LogP contribution in [-0.4, -0.2) is 42.2 Å². The zero-order valence-corrected chi connectivity index (χ0v) is 11.8. The Balaban J connectivity index is 2.18. The van der Waals surface area contributed by atoms with Crippen molar-refractivity contribution in [3.8, 4) is 5.75 Å². The third-order valence-electron chi connectivity index (χ3n) is 2.86. The lowest BCUT2D eigenvalue weighted by atomic mass is 10.1. The van der Waals surface area contributed by atoms with E-state index in [0.29, 0.717) is 11.4 Å². The van der Waals surface area contributed by atoms with Gasteiger partial charge in [-0.25, -0.2) is 4.99 Å². The molecule has 2 amide bonds. The van der Waals surface area contributed by atoms with Crippen LogP contribution in [0.25, 0.3) is 0 Å². The van der Waals surface area contributed by atoms with Crippen LogP contribution in [-0.2, 0) is 9.59 Å². The number of carbonyl (C=O) groups is 2. The summed E-state index contributed by atoms with van der Waals surface area (Å²) in [7, 11) is 3.00. The summed E-state index contributed by atoms with van der Waals surface area (Å²) >= 11 is 4.87. The third-order valence-corrected chi connectivity index (χ3v) is 3.24. The van der Waals surface area contributed by atoms with E-state index in [1.807, 2.05) is 0 Å². The summed E-state index contributed by atoms with van der Waals surface area (Å²) in [5, 5.41) is 2.80. The van der Waals surface area contributed by atoms with Gasteiger partial charge in [0.1, 0.15) is 5.75 Å². The molecule has 20 heavy (non-hydrogen) atoms. The van der Waals surface area contributed by atoms with Gasteiger partial charge in [0.25, 0.3) is 0 Å². The molecule has 0 aliphatic carbocycles. The summed E-state index contributed by atoms with van der Waals surface area (Å²) in [5.74, 6) is -1.35. The Morgan fingerprint density at radius 2 is 2.15 bits per heavy atom. The Morgan fingerprint density at radius 3 is 2.85 bits per heavy atom. The van der Waals surface area contributed by atoms with Gasteiger partial charge in [-0.1, -0.05) is 12.1 Å². The van der Waals surface area contributed by atoms with Gasteiger partial charge in [0.15, 0.2) is 5.92 Å². The number of methoxy groups -OCH3 is 1. The van der Waals surface area contributed by atoms with E-state index in [1.165, 1.54) is 25.3 Å². The van der Waals surface area contributed by atoms with Gasteiger partial charge < -0.3 is 10.1 Å². The van der Waals surface area contributed by atoms with Crippen molar-refractivity contribution in [2.75, 3.05) is 19.5 Å². The predicted molar refractivity (Wildman–Crippen MR) is 79.0 cm³/mol. The molecule has 104 valence electrons. The van der Waals surface area contributed by atoms with Crippen LogP contribution in [0, 0.1) is 5.92 Å². The first-order valence-corrected chi connectivity index (χ1v) is 6.25. The molecule has 2 rings (SSSR count). The van der Waals surface area contributed by atoms with Crippen molar-refractivity contribution in [2.24, 2.45) is 10.9 Å². The second kappa shape index (κ2) is 5.79. The number of aliphatic imine (C=N–C) groups is 1. The van der Waals surface area contributed by atoms with E-state index in [2.05, 4.69) is 10.3 Å². The van der Waals surface area contributed by atoms with E-state index in [4.69, 9.17) is 17.0 Å². The lowest BCUT2D eigenvalue weighted by Gasteiger charge is -2.23. The van der Waals surface area contributed by atoms with Crippen molar-refractivity contribution in [2.45, 2.75) is 0 Å². The lowest BCUT2D eigenvalue weighted by molar-refractivity contribution is -0.133. The van der Waals surface area contributed by atoms with Gasteiger partial charge in [0.2, 0.25) is 16.9 Å². The van der Waals surface area contributed by atoms with Gasteiger partial charge >= 0.3 is 0 Å². The molecular weight excluding hydrogens is 278 g/mol. The molecule has 1 unspecified atom stereocenters. The standard InChI is InChI=1S/C13H13N3O3S/c1-16-12(18)8(7-14-13(16)20)11(17)15-9-5-3-4-6-10(9)19-2/h3-8H,1-2H3,(H,15,17). The van der Waals surface area contributed by atoms with Gasteiger partial charge in [-0.3, -0.25) is 14.5 Å². The highest BCUT2D eigenvalue weighted by Gasteiger charge is 2.32. The van der Waals surface area contributed by atoms with E-state index < -0.39 is 17.7 Å². The van der Waals surface area contributed by atoms with Crippen LogP contribution in [0.5, 0.6) is 5.75 Å². The highest BCUT2D eigenvalue weighted by Crippen LogP contribution is 2.24. The Bertz CT molecular complexity index is 600. The Morgan fingerprint density at radius 1 is 1.45 bits per heavy atom. The maximum absolute atomic E-state index is 12.1. The summed E-state index contributed by atoms with van der Waals surface area (Å²) in [4.78, 5) is 29.2. The molecule has 1 N–H and O–H groups in total. The molecule has 0 spiro atoms. The van der Waals surface area contributed by atoms with E-state index in [9.17, 15) is 9.59 Å². The summed E-state index contributed by atoms with van der Waals surface area (Å²) in [5.41, 5.74) is 0.497. The Labute approximate surface area is 121 Å². The van der Waals surface area contributed by atoms with Crippen LogP contribution >= 0.6 is 12.2 Å². The molecule has 7 heteroatoms. The van der Waals surface area contributed by atoms with E-state index in [1.54, 1.807) is 24.3 Å². The topological polar surface area (TPSA) is 71.0 Å². The number of hydrogen-bond donors (Lipinski definition) is 1. The van der Waals surface area contributed by atoms with Crippen molar-refractivity contribution < 1.29 is 14.3 Å². The highest BCUT2D eigenvalue weighted by molar-refractivity contribution is 7.80. The van der Waals surface area contributed by atoms with Crippen LogP contribution in [0.4, 0.5) is 5.69 Å². The number of nitrogens with zero attached hydrogens (tertiary/aromatic N) is 2. The minimum absolute atomic E-state index is 0.149. The molecule has 1 aliphatic rings. The van der Waals surface area contributed by atoms with Crippen LogP contribution in [0.3, 0.4) is 0 Å². The molecule has 1 aromatic rings. The zero-order valence-electron chi connectivity index (χ0n) is 11.0. The first-order valence-electron chi connectivity index (χ1n) is 5.84. The molecule has 0 saturated heterocycles. The molecule has 1 aromatic carbocycles. The number of anilines is 1. The molecule has 1 atom stereocenters. The quantitative estimate of drug-likeness (QED) is 0.668. The fourth-order valence-corrected chi connectivity index (χ4v) is 1.88. The molecule has 0 aromatic heterocycles. The first-order chi connectivity index (χ1) is 9.54. The second-order valence-corrected chi connectivity index (χ2v) is 4.49. The Hall–Kier alpha value is -2.28. The smallest absolute Gasteiger partial charge is 0.246 e. The predicted octanol–water partition coefficient (Wildman–Crippen LogP) is 1.08. The average molecular weight is 291 g/mol. The number of nitrogens with one attached hydrogen (secondary N) is 1. The Kier molecular flexibility index (Phi) is 4.09. The first kappa shape index (κ1) is 14.1. The second-order valence-electron chi connectivity index (χ2n) is 4.13. The molecule has 1 aliphatic heterocycles. The number of para-hydroxylation sites is 2. The molecule has 6 nitrogen and oxygen atoms in total. The van der Waals surface area contributed by atoms with Crippen LogP contribution < -0.4 is 10.1 Å². The molecule has 0 saturated carbocycles. The minimum Gasteiger partial charge on any atom is -0.495 e. The average Bonchev–Trinajstić information content (AvgIpc) is 2.45. The number of amides is 2. The van der Waals surface area contributed by atoms with Crippen molar-refractivity contribution in [3.63, 3.8) is 0 Å². The largest absolute Gasteiger partial charge is 0.495 e. The van der Waals surface area contributed by atoms with Gasteiger partial charge in [-0.05, 0) is 24.4 Å². The van der Waals surface area contributed by atoms with Crippen LogP contribution in [0.1, 0.15) is 0 Å². The summed E-state index contributed by atoms with van der Waals surface area (Å²) < 4.78 is 5.13. The number of carbonyl (C=O) groups excluding carboxylic acids is 2. The van der Waals surface area contributed by atoms with E-state index in [-0.39, 0.29) is 5.11 Å². The summed E-state index contributed by atoms with van der Waals surface area (Å²) in [6, 6.07) is 6.95. The van der Waals surface area contributed by atoms with Gasteiger partial charge in [-0.15, -0.1) is 0 Å². The maximum Gasteiger partial charge on any atom is 0.246 e. The van der Waals surface area contributed by atoms with Crippen LogP contribution in [0.15, 0.2) is 29.3 Å². The number of benzene rings is 1. The monoisotopic (exact) mass is 291 g/mol. The maximum atomic E-state index is 12.1.